The molecule has 3 rings (SSSR count). The number of hydrogen-bond acceptors (Lipinski definition) is 2. The van der Waals surface area contributed by atoms with Gasteiger partial charge in [-0.1, -0.05) is 6.07 Å². The van der Waals surface area contributed by atoms with E-state index in [2.05, 4.69) is 5.32 Å². The first-order valence-corrected chi connectivity index (χ1v) is 5.70. The molecule has 1 saturated heterocycles. The topological polar surface area (TPSA) is 21.3 Å². The van der Waals surface area contributed by atoms with Gasteiger partial charge in [0.15, 0.2) is 0 Å². The van der Waals surface area contributed by atoms with Gasteiger partial charge in [0, 0.05) is 18.5 Å². The zero-order valence-electron chi connectivity index (χ0n) is 9.30. The second-order valence-corrected chi connectivity index (χ2v) is 4.63. The number of alkyl halides is 4. The number of nitrogens with one attached hydrogen (secondary N) is 1. The zero-order chi connectivity index (χ0) is 12.9. The van der Waals surface area contributed by atoms with Crippen LogP contribution in [-0.4, -0.2) is 18.8 Å². The molecule has 2 aliphatic heterocycles. The maximum absolute atomic E-state index is 13.2. The van der Waals surface area contributed by atoms with Crippen molar-refractivity contribution in [2.24, 2.45) is 0 Å². The third-order valence-electron chi connectivity index (χ3n) is 3.37. The van der Waals surface area contributed by atoms with Gasteiger partial charge in [0.05, 0.1) is 11.6 Å². The van der Waals surface area contributed by atoms with Gasteiger partial charge >= 0.3 is 6.18 Å². The molecular formula is C12H11F4NO. The summed E-state index contributed by atoms with van der Waals surface area (Å²) in [5, 5.41) is 2.96. The summed E-state index contributed by atoms with van der Waals surface area (Å²) < 4.78 is 56.3. The second-order valence-electron chi connectivity index (χ2n) is 4.63. The summed E-state index contributed by atoms with van der Waals surface area (Å²) in [5.41, 5.74) is -0.0587. The van der Waals surface area contributed by atoms with Crippen LogP contribution >= 0.6 is 0 Å². The van der Waals surface area contributed by atoms with Crippen molar-refractivity contribution in [3.05, 3.63) is 29.3 Å². The van der Waals surface area contributed by atoms with Gasteiger partial charge in [-0.15, -0.1) is 0 Å². The molecule has 2 heterocycles. The summed E-state index contributed by atoms with van der Waals surface area (Å²) in [4.78, 5) is 0. The molecule has 0 spiro atoms. The third-order valence-corrected chi connectivity index (χ3v) is 3.37. The van der Waals surface area contributed by atoms with Gasteiger partial charge in [-0.2, -0.15) is 13.2 Å². The van der Waals surface area contributed by atoms with Gasteiger partial charge in [-0.3, -0.25) is 0 Å². The van der Waals surface area contributed by atoms with Crippen molar-refractivity contribution < 1.29 is 22.3 Å². The average Bonchev–Trinajstić information content (AvgIpc) is 2.63. The van der Waals surface area contributed by atoms with Gasteiger partial charge in [0.1, 0.15) is 18.0 Å². The summed E-state index contributed by atoms with van der Waals surface area (Å²) in [6.45, 7) is 0.213. The van der Waals surface area contributed by atoms with Crippen LogP contribution in [-0.2, 0) is 6.18 Å². The first kappa shape index (κ1) is 11.8. The Morgan fingerprint density at radius 3 is 2.78 bits per heavy atom. The van der Waals surface area contributed by atoms with Crippen molar-refractivity contribution in [3.63, 3.8) is 0 Å². The van der Waals surface area contributed by atoms with E-state index in [-0.39, 0.29) is 24.8 Å². The molecule has 2 nitrogen and oxygen atoms in total. The Hall–Kier alpha value is -1.30. The fourth-order valence-electron chi connectivity index (χ4n) is 2.52. The summed E-state index contributed by atoms with van der Waals surface area (Å²) in [7, 11) is 0. The number of ether oxygens (including phenoxy) is 1. The Kier molecular flexibility index (Phi) is 2.52. The molecule has 0 radical (unpaired) electrons. The summed E-state index contributed by atoms with van der Waals surface area (Å²) >= 11 is 0. The second kappa shape index (κ2) is 3.85. The van der Waals surface area contributed by atoms with Gasteiger partial charge < -0.3 is 10.1 Å². The van der Waals surface area contributed by atoms with Crippen LogP contribution in [0.3, 0.4) is 0 Å². The van der Waals surface area contributed by atoms with Crippen molar-refractivity contribution in [3.8, 4) is 5.75 Å². The molecular weight excluding hydrogens is 250 g/mol. The van der Waals surface area contributed by atoms with E-state index in [1.165, 1.54) is 6.07 Å². The molecule has 0 amide bonds. The maximum atomic E-state index is 13.2. The lowest BCUT2D eigenvalue weighted by atomic mass is 9.95. The molecule has 1 fully saturated rings. The van der Waals surface area contributed by atoms with Crippen molar-refractivity contribution in [1.82, 2.24) is 5.32 Å². The molecule has 1 aromatic rings. The molecule has 3 atom stereocenters. The lowest BCUT2D eigenvalue weighted by Crippen LogP contribution is -2.42. The molecule has 0 saturated carbocycles. The highest BCUT2D eigenvalue weighted by atomic mass is 19.4. The van der Waals surface area contributed by atoms with E-state index in [4.69, 9.17) is 4.74 Å². The Morgan fingerprint density at radius 1 is 1.28 bits per heavy atom. The lowest BCUT2D eigenvalue weighted by molar-refractivity contribution is -0.137. The standard InChI is InChI=1S/C12H11F4NO/c13-7-4-10-11(17-5-7)8-2-1-6(12(14,15)16)3-9(8)18-10/h1-3,7,10-11,17H,4-5H2/t7-,10-,11-/m0/s1. The van der Waals surface area contributed by atoms with E-state index >= 15 is 0 Å². The minimum atomic E-state index is -4.39. The number of fused-ring (bicyclic) bond motifs is 3. The van der Waals surface area contributed by atoms with Crippen molar-refractivity contribution in [1.29, 1.82) is 0 Å². The van der Waals surface area contributed by atoms with Gasteiger partial charge in [0.2, 0.25) is 0 Å². The summed E-state index contributed by atoms with van der Waals surface area (Å²) in [5.74, 6) is 0.210. The smallest absolute Gasteiger partial charge is 0.416 e. The number of piperidine rings is 1. The predicted molar refractivity (Wildman–Crippen MR) is 56.1 cm³/mol. The van der Waals surface area contributed by atoms with Gasteiger partial charge in [-0.25, -0.2) is 4.39 Å². The predicted octanol–water partition coefficient (Wildman–Crippen LogP) is 2.84. The minimum Gasteiger partial charge on any atom is -0.488 e. The fourth-order valence-corrected chi connectivity index (χ4v) is 2.52. The van der Waals surface area contributed by atoms with E-state index in [0.717, 1.165) is 12.1 Å². The molecule has 1 N–H and O–H groups in total. The van der Waals surface area contributed by atoms with E-state index in [1.807, 2.05) is 0 Å². The number of benzene rings is 1. The minimum absolute atomic E-state index is 0.200. The molecule has 0 unspecified atom stereocenters. The Morgan fingerprint density at radius 2 is 2.06 bits per heavy atom. The summed E-state index contributed by atoms with van der Waals surface area (Å²) in [6, 6.07) is 3.24. The molecule has 0 aliphatic carbocycles. The monoisotopic (exact) mass is 261 g/mol. The molecule has 0 bridgehead atoms. The molecule has 18 heavy (non-hydrogen) atoms. The van der Waals surface area contributed by atoms with Crippen molar-refractivity contribution in [2.75, 3.05) is 6.54 Å². The Bertz CT molecular complexity index is 474. The quantitative estimate of drug-likeness (QED) is 0.725. The van der Waals surface area contributed by atoms with E-state index in [0.29, 0.717) is 5.56 Å². The van der Waals surface area contributed by atoms with Crippen molar-refractivity contribution in [2.45, 2.75) is 30.9 Å². The van der Waals surface area contributed by atoms with Gasteiger partial charge in [-0.05, 0) is 12.1 Å². The van der Waals surface area contributed by atoms with Crippen LogP contribution in [0.1, 0.15) is 23.6 Å². The molecule has 1 aromatic carbocycles. The van der Waals surface area contributed by atoms with Crippen LogP contribution in [0.25, 0.3) is 0 Å². The van der Waals surface area contributed by atoms with Crippen LogP contribution in [0.2, 0.25) is 0 Å². The Balaban J connectivity index is 1.93. The molecule has 6 heteroatoms. The fraction of sp³-hybridized carbons (Fsp3) is 0.500. The number of hydrogen-bond donors (Lipinski definition) is 1. The normalized spacial score (nSPS) is 30.6. The van der Waals surface area contributed by atoms with Crippen LogP contribution < -0.4 is 10.1 Å². The lowest BCUT2D eigenvalue weighted by Gasteiger charge is -2.27. The maximum Gasteiger partial charge on any atom is 0.416 e. The highest BCUT2D eigenvalue weighted by Gasteiger charge is 2.41. The van der Waals surface area contributed by atoms with Crippen LogP contribution in [0, 0.1) is 0 Å². The number of halogens is 4. The first-order valence-electron chi connectivity index (χ1n) is 5.70. The van der Waals surface area contributed by atoms with Crippen molar-refractivity contribution >= 4 is 0 Å². The van der Waals surface area contributed by atoms with Gasteiger partial charge in [0.25, 0.3) is 0 Å². The molecule has 98 valence electrons. The van der Waals surface area contributed by atoms with E-state index < -0.39 is 24.0 Å². The first-order chi connectivity index (χ1) is 8.45. The van der Waals surface area contributed by atoms with Crippen LogP contribution in [0.4, 0.5) is 17.6 Å². The zero-order valence-corrected chi connectivity index (χ0v) is 9.30. The van der Waals surface area contributed by atoms with Crippen LogP contribution in [0.5, 0.6) is 5.75 Å². The highest BCUT2D eigenvalue weighted by Crippen LogP contribution is 2.43. The molecule has 0 aromatic heterocycles. The van der Waals surface area contributed by atoms with Crippen LogP contribution in [0.15, 0.2) is 18.2 Å². The molecule has 2 aliphatic rings. The van der Waals surface area contributed by atoms with E-state index in [1.54, 1.807) is 0 Å². The average molecular weight is 261 g/mol. The largest absolute Gasteiger partial charge is 0.488 e. The highest BCUT2D eigenvalue weighted by molar-refractivity contribution is 5.44. The van der Waals surface area contributed by atoms with E-state index in [9.17, 15) is 17.6 Å². The SMILES string of the molecule is F[C@@H]1CN[C@H]2c3ccc(C(F)(F)F)cc3O[C@H]2C1. The Labute approximate surface area is 101 Å². The number of rotatable bonds is 0. The summed E-state index contributed by atoms with van der Waals surface area (Å²) in [6.07, 6.45) is -5.59. The third kappa shape index (κ3) is 1.84.